The van der Waals surface area contributed by atoms with Crippen molar-refractivity contribution in [3.8, 4) is 0 Å². The van der Waals surface area contributed by atoms with Gasteiger partial charge in [-0.1, -0.05) is 6.92 Å². The summed E-state index contributed by atoms with van der Waals surface area (Å²) in [5, 5.41) is 0. The monoisotopic (exact) mass is 239 g/mol. The Morgan fingerprint density at radius 2 is 1.82 bits per heavy atom. The molecule has 1 aromatic carbocycles. The Bertz CT molecular complexity index is 449. The van der Waals surface area contributed by atoms with Crippen molar-refractivity contribution in [2.24, 2.45) is 5.92 Å². The predicted octanol–water partition coefficient (Wildman–Crippen LogP) is 2.46. The summed E-state index contributed by atoms with van der Waals surface area (Å²) in [6, 6.07) is 2.63. The molecule has 0 radical (unpaired) electrons. The minimum atomic E-state index is -0.553. The number of likely N-dealkylation sites (tertiary alicyclic amines) is 1. The van der Waals surface area contributed by atoms with Gasteiger partial charge in [0.05, 0.1) is 0 Å². The largest absolute Gasteiger partial charge is 0.345 e. The van der Waals surface area contributed by atoms with E-state index in [0.29, 0.717) is 12.1 Å². The number of carbonyl (C=O) groups is 1. The highest BCUT2D eigenvalue weighted by Gasteiger charge is 2.38. The molecule has 0 unspecified atom stereocenters. The molecule has 4 heteroatoms. The molecule has 1 fully saturated rings. The van der Waals surface area contributed by atoms with Crippen LogP contribution in [0.4, 0.5) is 8.78 Å². The molecule has 0 saturated carbocycles. The maximum Gasteiger partial charge on any atom is 0.225 e. The van der Waals surface area contributed by atoms with Crippen LogP contribution >= 0.6 is 0 Å². The van der Waals surface area contributed by atoms with Crippen molar-refractivity contribution in [2.45, 2.75) is 19.8 Å². The molecule has 0 N–H and O–H groups in total. The van der Waals surface area contributed by atoms with Crippen LogP contribution in [-0.2, 0) is 4.79 Å². The lowest BCUT2D eigenvalue weighted by molar-refractivity contribution is -0.129. The fourth-order valence-electron chi connectivity index (χ4n) is 2.47. The van der Waals surface area contributed by atoms with Gasteiger partial charge in [-0.3, -0.25) is 4.79 Å². The highest BCUT2D eigenvalue weighted by molar-refractivity contribution is 5.82. The molecule has 1 heterocycles. The van der Waals surface area contributed by atoms with E-state index < -0.39 is 17.6 Å². The fraction of sp³-hybridized carbons (Fsp3) is 0.462. The van der Waals surface area contributed by atoms with Crippen LogP contribution in [0.2, 0.25) is 0 Å². The Hall–Kier alpha value is -1.45. The topological polar surface area (TPSA) is 20.3 Å². The lowest BCUT2D eigenvalue weighted by Crippen LogP contribution is -2.21. The minimum absolute atomic E-state index is 0.0424. The smallest absolute Gasteiger partial charge is 0.225 e. The average molecular weight is 239 g/mol. The third kappa shape index (κ3) is 1.92. The summed E-state index contributed by atoms with van der Waals surface area (Å²) in [5.74, 6) is -1.93. The maximum absolute atomic E-state index is 13.8. The number of amides is 1. The van der Waals surface area contributed by atoms with Crippen LogP contribution in [0.1, 0.15) is 24.0 Å². The first-order chi connectivity index (χ1) is 7.91. The zero-order valence-corrected chi connectivity index (χ0v) is 10.1. The lowest BCUT2D eigenvalue weighted by Gasteiger charge is -2.15. The van der Waals surface area contributed by atoms with E-state index in [2.05, 4.69) is 0 Å². The summed E-state index contributed by atoms with van der Waals surface area (Å²) in [4.78, 5) is 13.2. The number of hydrogen-bond donors (Lipinski definition) is 0. The second kappa shape index (κ2) is 4.09. The van der Waals surface area contributed by atoms with Crippen molar-refractivity contribution in [3.05, 3.63) is 34.9 Å². The predicted molar refractivity (Wildman–Crippen MR) is 60.6 cm³/mol. The average Bonchev–Trinajstić information content (AvgIpc) is 2.45. The minimum Gasteiger partial charge on any atom is -0.345 e. The van der Waals surface area contributed by atoms with Crippen LogP contribution in [0.15, 0.2) is 12.1 Å². The molecule has 1 aliphatic heterocycles. The zero-order valence-electron chi connectivity index (χ0n) is 10.1. The first-order valence-electron chi connectivity index (χ1n) is 5.62. The molecular formula is C13H15F2NO. The zero-order chi connectivity index (χ0) is 12.7. The molecule has 0 spiro atoms. The van der Waals surface area contributed by atoms with Crippen LogP contribution in [0, 0.1) is 24.5 Å². The number of aryl methyl sites for hydroxylation is 1. The first-order valence-corrected chi connectivity index (χ1v) is 5.62. The molecule has 0 aliphatic carbocycles. The number of benzene rings is 1. The molecule has 1 aliphatic rings. The number of likely N-dealkylation sites (N-methyl/N-ethyl adjacent to an activating group) is 1. The Morgan fingerprint density at radius 1 is 1.29 bits per heavy atom. The third-order valence-corrected chi connectivity index (χ3v) is 3.43. The number of nitrogens with zero attached hydrogens (tertiary/aromatic N) is 1. The fourth-order valence-corrected chi connectivity index (χ4v) is 2.47. The van der Waals surface area contributed by atoms with Gasteiger partial charge >= 0.3 is 0 Å². The normalized spacial score (nSPS) is 24.5. The van der Waals surface area contributed by atoms with Crippen LogP contribution < -0.4 is 0 Å². The van der Waals surface area contributed by atoms with E-state index in [4.69, 9.17) is 0 Å². The summed E-state index contributed by atoms with van der Waals surface area (Å²) in [5.41, 5.74) is 0.592. The number of halogens is 2. The second-order valence-electron chi connectivity index (χ2n) is 4.76. The highest BCUT2D eigenvalue weighted by atomic mass is 19.1. The quantitative estimate of drug-likeness (QED) is 0.737. The Labute approximate surface area is 99.2 Å². The molecule has 1 amide bonds. The van der Waals surface area contributed by atoms with Gasteiger partial charge in [0.15, 0.2) is 0 Å². The molecule has 2 rings (SSSR count). The van der Waals surface area contributed by atoms with Crippen molar-refractivity contribution in [3.63, 3.8) is 0 Å². The van der Waals surface area contributed by atoms with Gasteiger partial charge in [0, 0.05) is 31.0 Å². The van der Waals surface area contributed by atoms with Gasteiger partial charge in [0.2, 0.25) is 5.91 Å². The molecule has 2 atom stereocenters. The molecule has 2 nitrogen and oxygen atoms in total. The van der Waals surface area contributed by atoms with E-state index in [1.54, 1.807) is 20.9 Å². The molecular weight excluding hydrogens is 224 g/mol. The van der Waals surface area contributed by atoms with Gasteiger partial charge in [0.25, 0.3) is 0 Å². The summed E-state index contributed by atoms with van der Waals surface area (Å²) in [6.45, 7) is 3.73. The number of hydrogen-bond acceptors (Lipinski definition) is 1. The molecule has 0 aromatic heterocycles. The molecule has 0 bridgehead atoms. The van der Waals surface area contributed by atoms with Gasteiger partial charge in [0.1, 0.15) is 11.6 Å². The van der Waals surface area contributed by atoms with E-state index in [1.807, 2.05) is 0 Å². The van der Waals surface area contributed by atoms with E-state index in [-0.39, 0.29) is 17.4 Å². The van der Waals surface area contributed by atoms with Crippen molar-refractivity contribution >= 4 is 5.91 Å². The third-order valence-electron chi connectivity index (χ3n) is 3.43. The Balaban J connectivity index is 2.45. The molecule has 1 aromatic rings. The van der Waals surface area contributed by atoms with E-state index in [9.17, 15) is 13.6 Å². The van der Waals surface area contributed by atoms with E-state index >= 15 is 0 Å². The summed E-state index contributed by atoms with van der Waals surface area (Å²) in [6.07, 6.45) is 0. The standard InChI is InChI=1S/C13H15F2NO/c1-7-4-10(14)12(11(15)5-7)9-6-16(3)13(17)8(9)2/h4-5,8-9H,6H2,1-3H3/t8-,9+/m0/s1. The SMILES string of the molecule is Cc1cc(F)c([C@@H]2CN(C)C(=O)[C@H]2C)c(F)c1. The number of carbonyl (C=O) groups excluding carboxylic acids is 1. The van der Waals surface area contributed by atoms with Crippen molar-refractivity contribution < 1.29 is 13.6 Å². The van der Waals surface area contributed by atoms with Gasteiger partial charge < -0.3 is 4.90 Å². The van der Waals surface area contributed by atoms with Crippen LogP contribution in [-0.4, -0.2) is 24.4 Å². The first kappa shape index (κ1) is 12.0. The highest BCUT2D eigenvalue weighted by Crippen LogP contribution is 2.35. The molecule has 17 heavy (non-hydrogen) atoms. The summed E-state index contributed by atoms with van der Waals surface area (Å²) < 4.78 is 27.6. The lowest BCUT2D eigenvalue weighted by atomic mass is 9.88. The van der Waals surface area contributed by atoms with Gasteiger partial charge in [-0.05, 0) is 24.6 Å². The summed E-state index contributed by atoms with van der Waals surface area (Å²) >= 11 is 0. The molecule has 92 valence electrons. The van der Waals surface area contributed by atoms with Gasteiger partial charge in [-0.25, -0.2) is 8.78 Å². The van der Waals surface area contributed by atoms with Crippen LogP contribution in [0.3, 0.4) is 0 Å². The Kier molecular flexibility index (Phi) is 2.89. The number of rotatable bonds is 1. The molecule has 1 saturated heterocycles. The van der Waals surface area contributed by atoms with Gasteiger partial charge in [-0.2, -0.15) is 0 Å². The second-order valence-corrected chi connectivity index (χ2v) is 4.76. The van der Waals surface area contributed by atoms with Crippen molar-refractivity contribution in [1.82, 2.24) is 4.90 Å². The van der Waals surface area contributed by atoms with Crippen molar-refractivity contribution in [2.75, 3.05) is 13.6 Å². The van der Waals surface area contributed by atoms with Crippen LogP contribution in [0.5, 0.6) is 0 Å². The Morgan fingerprint density at radius 3 is 2.24 bits per heavy atom. The van der Waals surface area contributed by atoms with E-state index in [0.717, 1.165) is 0 Å². The van der Waals surface area contributed by atoms with Crippen molar-refractivity contribution in [1.29, 1.82) is 0 Å². The summed E-state index contributed by atoms with van der Waals surface area (Å²) in [7, 11) is 1.66. The maximum atomic E-state index is 13.8. The van der Waals surface area contributed by atoms with E-state index in [1.165, 1.54) is 17.0 Å². The van der Waals surface area contributed by atoms with Gasteiger partial charge in [-0.15, -0.1) is 0 Å². The van der Waals surface area contributed by atoms with Crippen LogP contribution in [0.25, 0.3) is 0 Å².